The highest BCUT2D eigenvalue weighted by molar-refractivity contribution is 7.89. The summed E-state index contributed by atoms with van der Waals surface area (Å²) in [5.74, 6) is 0. The molecule has 0 aromatic carbocycles. The normalized spacial score (nSPS) is 11.9. The molecule has 3 N–H and O–H groups in total. The van der Waals surface area contributed by atoms with Crippen molar-refractivity contribution >= 4 is 21.4 Å². The average molecular weight is 300 g/mol. The van der Waals surface area contributed by atoms with Crippen molar-refractivity contribution in [1.29, 1.82) is 0 Å². The molecule has 0 amide bonds. The molecule has 2 rings (SSSR count). The second-order valence-electron chi connectivity index (χ2n) is 4.07. The van der Waals surface area contributed by atoms with Crippen LogP contribution >= 0.6 is 11.3 Å². The Labute approximate surface area is 116 Å². The van der Waals surface area contributed by atoms with Crippen LogP contribution in [0.3, 0.4) is 0 Å². The SMILES string of the molecule is CNCc1c(S(=O)(=O)NCc2cccs2)n[nH]c1C. The molecule has 0 bridgehead atoms. The monoisotopic (exact) mass is 300 g/mol. The van der Waals surface area contributed by atoms with E-state index in [4.69, 9.17) is 0 Å². The third-order valence-electron chi connectivity index (χ3n) is 2.66. The number of thiophene rings is 1. The van der Waals surface area contributed by atoms with Crippen LogP contribution in [-0.4, -0.2) is 25.7 Å². The van der Waals surface area contributed by atoms with E-state index < -0.39 is 10.0 Å². The summed E-state index contributed by atoms with van der Waals surface area (Å²) in [6.45, 7) is 2.54. The third-order valence-corrected chi connectivity index (χ3v) is 4.91. The van der Waals surface area contributed by atoms with Gasteiger partial charge in [-0.3, -0.25) is 5.10 Å². The molecule has 0 aliphatic carbocycles. The number of hydrogen-bond acceptors (Lipinski definition) is 5. The van der Waals surface area contributed by atoms with E-state index in [0.717, 1.165) is 10.6 Å². The summed E-state index contributed by atoms with van der Waals surface area (Å²) >= 11 is 1.51. The van der Waals surface area contributed by atoms with E-state index in [1.165, 1.54) is 11.3 Å². The van der Waals surface area contributed by atoms with Crippen molar-refractivity contribution in [2.24, 2.45) is 0 Å². The van der Waals surface area contributed by atoms with Crippen LogP contribution in [0, 0.1) is 6.92 Å². The van der Waals surface area contributed by atoms with Gasteiger partial charge < -0.3 is 5.32 Å². The Morgan fingerprint density at radius 1 is 1.42 bits per heavy atom. The van der Waals surface area contributed by atoms with Gasteiger partial charge in [-0.1, -0.05) is 6.07 Å². The molecule has 0 atom stereocenters. The molecule has 0 fully saturated rings. The molecule has 19 heavy (non-hydrogen) atoms. The van der Waals surface area contributed by atoms with Crippen LogP contribution in [0.25, 0.3) is 0 Å². The minimum absolute atomic E-state index is 0.0657. The topological polar surface area (TPSA) is 86.9 Å². The zero-order valence-corrected chi connectivity index (χ0v) is 12.4. The summed E-state index contributed by atoms with van der Waals surface area (Å²) in [4.78, 5) is 0.964. The summed E-state index contributed by atoms with van der Waals surface area (Å²) in [6.07, 6.45) is 0. The molecule has 0 radical (unpaired) electrons. The number of aromatic amines is 1. The number of aromatic nitrogens is 2. The number of rotatable bonds is 6. The van der Waals surface area contributed by atoms with Crippen LogP contribution in [-0.2, 0) is 23.1 Å². The van der Waals surface area contributed by atoms with Gasteiger partial charge in [0.15, 0.2) is 5.03 Å². The fourth-order valence-electron chi connectivity index (χ4n) is 1.68. The maximum atomic E-state index is 12.2. The lowest BCUT2D eigenvalue weighted by Crippen LogP contribution is -2.25. The van der Waals surface area contributed by atoms with Gasteiger partial charge in [0.05, 0.1) is 0 Å². The predicted octanol–water partition coefficient (Wildman–Crippen LogP) is 0.978. The lowest BCUT2D eigenvalue weighted by molar-refractivity contribution is 0.575. The van der Waals surface area contributed by atoms with Crippen molar-refractivity contribution in [1.82, 2.24) is 20.2 Å². The smallest absolute Gasteiger partial charge is 0.260 e. The van der Waals surface area contributed by atoms with Crippen LogP contribution in [0.1, 0.15) is 16.1 Å². The van der Waals surface area contributed by atoms with Crippen molar-refractivity contribution in [3.8, 4) is 0 Å². The van der Waals surface area contributed by atoms with Gasteiger partial charge in [-0.15, -0.1) is 11.3 Å². The van der Waals surface area contributed by atoms with Gasteiger partial charge in [0.2, 0.25) is 0 Å². The molecule has 0 spiro atoms. The molecule has 8 heteroatoms. The molecule has 0 aliphatic rings. The summed E-state index contributed by atoms with van der Waals surface area (Å²) < 4.78 is 27.0. The Kier molecular flexibility index (Phi) is 4.35. The van der Waals surface area contributed by atoms with Crippen LogP contribution in [0.15, 0.2) is 22.5 Å². The van der Waals surface area contributed by atoms with E-state index in [1.807, 2.05) is 17.5 Å². The van der Waals surface area contributed by atoms with Gasteiger partial charge in [0, 0.05) is 29.2 Å². The van der Waals surface area contributed by atoms with Crippen molar-refractivity contribution < 1.29 is 8.42 Å². The molecule has 0 saturated carbocycles. The highest BCUT2D eigenvalue weighted by atomic mass is 32.2. The minimum atomic E-state index is -3.59. The van der Waals surface area contributed by atoms with E-state index in [1.54, 1.807) is 14.0 Å². The first-order valence-electron chi connectivity index (χ1n) is 5.75. The summed E-state index contributed by atoms with van der Waals surface area (Å²) in [7, 11) is -1.83. The van der Waals surface area contributed by atoms with Crippen LogP contribution in [0.5, 0.6) is 0 Å². The second kappa shape index (κ2) is 5.83. The van der Waals surface area contributed by atoms with Crippen molar-refractivity contribution in [3.05, 3.63) is 33.6 Å². The molecular formula is C11H16N4O2S2. The fourth-order valence-corrected chi connectivity index (χ4v) is 3.62. The first-order chi connectivity index (χ1) is 9.04. The Morgan fingerprint density at radius 2 is 2.21 bits per heavy atom. The molecule has 0 unspecified atom stereocenters. The van der Waals surface area contributed by atoms with Gasteiger partial charge in [-0.05, 0) is 25.4 Å². The van der Waals surface area contributed by atoms with Crippen LogP contribution in [0.2, 0.25) is 0 Å². The first kappa shape index (κ1) is 14.2. The maximum Gasteiger partial charge on any atom is 0.260 e. The molecule has 104 valence electrons. The quantitative estimate of drug-likeness (QED) is 0.742. The molecule has 0 saturated heterocycles. The number of H-pyrrole nitrogens is 1. The largest absolute Gasteiger partial charge is 0.316 e. The number of aryl methyl sites for hydroxylation is 1. The lowest BCUT2D eigenvalue weighted by Gasteiger charge is -2.06. The molecule has 2 aromatic heterocycles. The number of hydrogen-bond donors (Lipinski definition) is 3. The first-order valence-corrected chi connectivity index (χ1v) is 8.11. The highest BCUT2D eigenvalue weighted by Gasteiger charge is 2.23. The van der Waals surface area contributed by atoms with E-state index in [-0.39, 0.29) is 11.6 Å². The Bertz CT molecular complexity index is 632. The molecule has 2 aromatic rings. The van der Waals surface area contributed by atoms with E-state index in [9.17, 15) is 8.42 Å². The minimum Gasteiger partial charge on any atom is -0.316 e. The van der Waals surface area contributed by atoms with Crippen molar-refractivity contribution in [2.45, 2.75) is 25.0 Å². The maximum absolute atomic E-state index is 12.2. The Morgan fingerprint density at radius 3 is 2.84 bits per heavy atom. The zero-order chi connectivity index (χ0) is 13.9. The summed E-state index contributed by atoms with van der Waals surface area (Å²) in [5.41, 5.74) is 1.42. The number of nitrogens with zero attached hydrogens (tertiary/aromatic N) is 1. The predicted molar refractivity (Wildman–Crippen MR) is 74.4 cm³/mol. The van der Waals surface area contributed by atoms with Gasteiger partial charge in [-0.2, -0.15) is 5.10 Å². The van der Waals surface area contributed by atoms with Crippen molar-refractivity contribution in [2.75, 3.05) is 7.05 Å². The fraction of sp³-hybridized carbons (Fsp3) is 0.364. The summed E-state index contributed by atoms with van der Waals surface area (Å²) in [6, 6.07) is 3.77. The van der Waals surface area contributed by atoms with Gasteiger partial charge >= 0.3 is 0 Å². The van der Waals surface area contributed by atoms with Crippen LogP contribution in [0.4, 0.5) is 0 Å². The lowest BCUT2D eigenvalue weighted by atomic mass is 10.3. The average Bonchev–Trinajstić information content (AvgIpc) is 2.99. The number of sulfonamides is 1. The molecule has 0 aliphatic heterocycles. The third kappa shape index (κ3) is 3.21. The van der Waals surface area contributed by atoms with Gasteiger partial charge in [0.1, 0.15) is 0 Å². The van der Waals surface area contributed by atoms with E-state index in [2.05, 4.69) is 20.2 Å². The van der Waals surface area contributed by atoms with Crippen molar-refractivity contribution in [3.63, 3.8) is 0 Å². The zero-order valence-electron chi connectivity index (χ0n) is 10.7. The second-order valence-corrected chi connectivity index (χ2v) is 6.78. The molecule has 2 heterocycles. The molecular weight excluding hydrogens is 284 g/mol. The highest BCUT2D eigenvalue weighted by Crippen LogP contribution is 2.17. The van der Waals surface area contributed by atoms with E-state index in [0.29, 0.717) is 12.1 Å². The Balaban J connectivity index is 2.19. The van der Waals surface area contributed by atoms with Gasteiger partial charge in [-0.25, -0.2) is 13.1 Å². The Hall–Kier alpha value is -1.22. The van der Waals surface area contributed by atoms with E-state index >= 15 is 0 Å². The van der Waals surface area contributed by atoms with Crippen LogP contribution < -0.4 is 10.0 Å². The number of nitrogens with one attached hydrogen (secondary N) is 3. The standard InChI is InChI=1S/C11H16N4O2S2/c1-8-10(7-12-2)11(15-14-8)19(16,17)13-6-9-4-3-5-18-9/h3-5,12-13H,6-7H2,1-2H3,(H,14,15). The van der Waals surface area contributed by atoms with Gasteiger partial charge in [0.25, 0.3) is 10.0 Å². The molecule has 6 nitrogen and oxygen atoms in total. The summed E-state index contributed by atoms with van der Waals surface area (Å²) in [5, 5.41) is 11.5.